The highest BCUT2D eigenvalue weighted by Crippen LogP contribution is 2.17. The molecule has 2 saturated heterocycles. The van der Waals surface area contributed by atoms with Gasteiger partial charge in [-0.05, 0) is 32.4 Å². The smallest absolute Gasteiger partial charge is 0.239 e. The van der Waals surface area contributed by atoms with E-state index < -0.39 is 0 Å². The molecule has 2 heterocycles. The van der Waals surface area contributed by atoms with E-state index in [4.69, 9.17) is 5.73 Å². The first kappa shape index (κ1) is 16.7. The summed E-state index contributed by atoms with van der Waals surface area (Å²) in [6.07, 6.45) is 4.01. The number of amides is 1. The van der Waals surface area contributed by atoms with Gasteiger partial charge in [-0.2, -0.15) is 0 Å². The summed E-state index contributed by atoms with van der Waals surface area (Å²) in [5.74, 6) is 0.339. The Bertz CT molecular complexity index is 339. The summed E-state index contributed by atoms with van der Waals surface area (Å²) in [5, 5.41) is 0. The van der Waals surface area contributed by atoms with Gasteiger partial charge >= 0.3 is 0 Å². The lowest BCUT2D eigenvalue weighted by molar-refractivity contribution is -0.135. The number of hydrogen-bond acceptors (Lipinski definition) is 4. The molecule has 0 aromatic carbocycles. The zero-order valence-corrected chi connectivity index (χ0v) is 13.9. The Labute approximate surface area is 129 Å². The van der Waals surface area contributed by atoms with Crippen LogP contribution < -0.4 is 5.73 Å². The van der Waals surface area contributed by atoms with E-state index in [-0.39, 0.29) is 17.9 Å². The number of likely N-dealkylation sites (N-methyl/N-ethyl adjacent to an activating group) is 1. The fraction of sp³-hybridized carbons (Fsp3) is 0.938. The first-order valence-corrected chi connectivity index (χ1v) is 8.46. The van der Waals surface area contributed by atoms with Crippen molar-refractivity contribution in [3.63, 3.8) is 0 Å². The van der Waals surface area contributed by atoms with E-state index in [1.165, 1.54) is 25.8 Å². The average molecular weight is 296 g/mol. The van der Waals surface area contributed by atoms with Crippen molar-refractivity contribution in [2.24, 2.45) is 11.7 Å². The molecule has 0 aliphatic carbocycles. The minimum atomic E-state index is -0.346. The number of rotatable bonds is 4. The lowest BCUT2D eigenvalue weighted by Gasteiger charge is -2.40. The Balaban J connectivity index is 1.76. The predicted octanol–water partition coefficient (Wildman–Crippen LogP) is 0.598. The Morgan fingerprint density at radius 2 is 1.81 bits per heavy atom. The number of piperidine rings is 1. The number of piperazine rings is 1. The molecule has 0 bridgehead atoms. The molecule has 21 heavy (non-hydrogen) atoms. The van der Waals surface area contributed by atoms with Crippen molar-refractivity contribution in [1.29, 1.82) is 0 Å². The maximum atomic E-state index is 12.3. The Hall–Kier alpha value is -0.650. The second kappa shape index (κ2) is 7.56. The SMILES string of the molecule is CC(C)[C@H](N)C(=O)N1CCN(CC2CCCCN2C)CC1. The van der Waals surface area contributed by atoms with E-state index in [1.807, 2.05) is 18.7 Å². The van der Waals surface area contributed by atoms with E-state index >= 15 is 0 Å². The lowest BCUT2D eigenvalue weighted by Crippen LogP contribution is -2.56. The third kappa shape index (κ3) is 4.41. The number of nitrogens with two attached hydrogens (primary N) is 1. The Kier molecular flexibility index (Phi) is 6.02. The molecule has 1 unspecified atom stereocenters. The second-order valence-electron chi connectivity index (χ2n) is 7.03. The van der Waals surface area contributed by atoms with Gasteiger partial charge in [0.1, 0.15) is 0 Å². The predicted molar refractivity (Wildman–Crippen MR) is 86.1 cm³/mol. The summed E-state index contributed by atoms with van der Waals surface area (Å²) < 4.78 is 0. The highest BCUT2D eigenvalue weighted by molar-refractivity contribution is 5.82. The van der Waals surface area contributed by atoms with E-state index in [2.05, 4.69) is 16.8 Å². The summed E-state index contributed by atoms with van der Waals surface area (Å²) in [7, 11) is 2.24. The molecule has 2 fully saturated rings. The van der Waals surface area contributed by atoms with Crippen molar-refractivity contribution in [3.05, 3.63) is 0 Å². The van der Waals surface area contributed by atoms with Crippen molar-refractivity contribution in [2.75, 3.05) is 46.3 Å². The average Bonchev–Trinajstić information content (AvgIpc) is 2.49. The summed E-state index contributed by atoms with van der Waals surface area (Å²) in [5.41, 5.74) is 5.98. The molecule has 2 aliphatic rings. The van der Waals surface area contributed by atoms with E-state index in [9.17, 15) is 4.79 Å². The number of hydrogen-bond donors (Lipinski definition) is 1. The normalized spacial score (nSPS) is 27.1. The van der Waals surface area contributed by atoms with Crippen LogP contribution in [0, 0.1) is 5.92 Å². The zero-order chi connectivity index (χ0) is 15.4. The molecular formula is C16H32N4O. The van der Waals surface area contributed by atoms with Crippen LogP contribution >= 0.6 is 0 Å². The summed E-state index contributed by atoms with van der Waals surface area (Å²) in [6.45, 7) is 10.0. The fourth-order valence-corrected chi connectivity index (χ4v) is 3.32. The quantitative estimate of drug-likeness (QED) is 0.825. The van der Waals surface area contributed by atoms with Crippen LogP contribution in [0.3, 0.4) is 0 Å². The van der Waals surface area contributed by atoms with Crippen molar-refractivity contribution in [1.82, 2.24) is 14.7 Å². The van der Waals surface area contributed by atoms with E-state index in [1.54, 1.807) is 0 Å². The van der Waals surface area contributed by atoms with Crippen LogP contribution in [-0.4, -0.2) is 79.0 Å². The van der Waals surface area contributed by atoms with Gasteiger partial charge in [0.05, 0.1) is 6.04 Å². The molecule has 5 nitrogen and oxygen atoms in total. The van der Waals surface area contributed by atoms with Crippen molar-refractivity contribution >= 4 is 5.91 Å². The van der Waals surface area contributed by atoms with Gasteiger partial charge in [0.25, 0.3) is 0 Å². The molecular weight excluding hydrogens is 264 g/mol. The minimum Gasteiger partial charge on any atom is -0.339 e. The topological polar surface area (TPSA) is 52.8 Å². The van der Waals surface area contributed by atoms with Crippen molar-refractivity contribution in [3.8, 4) is 0 Å². The van der Waals surface area contributed by atoms with Gasteiger partial charge in [-0.3, -0.25) is 9.69 Å². The molecule has 2 rings (SSSR count). The van der Waals surface area contributed by atoms with Crippen LogP contribution in [0.1, 0.15) is 33.1 Å². The molecule has 0 radical (unpaired) electrons. The van der Waals surface area contributed by atoms with Gasteiger partial charge < -0.3 is 15.5 Å². The standard InChI is InChI=1S/C16H32N4O/c1-13(2)15(17)16(21)20-10-8-19(9-11-20)12-14-6-4-5-7-18(14)3/h13-15H,4-12,17H2,1-3H3/t14?,15-/m0/s1. The van der Waals surface area contributed by atoms with Crippen LogP contribution in [-0.2, 0) is 4.79 Å². The Morgan fingerprint density at radius 3 is 2.38 bits per heavy atom. The number of nitrogens with zero attached hydrogens (tertiary/aromatic N) is 3. The van der Waals surface area contributed by atoms with Gasteiger partial charge in [0, 0.05) is 38.8 Å². The minimum absolute atomic E-state index is 0.124. The summed E-state index contributed by atoms with van der Waals surface area (Å²) in [6, 6.07) is 0.347. The monoisotopic (exact) mass is 296 g/mol. The highest BCUT2D eigenvalue weighted by Gasteiger charge is 2.28. The first-order chi connectivity index (χ1) is 9.99. The first-order valence-electron chi connectivity index (χ1n) is 8.46. The largest absolute Gasteiger partial charge is 0.339 e. The fourth-order valence-electron chi connectivity index (χ4n) is 3.32. The maximum Gasteiger partial charge on any atom is 0.239 e. The van der Waals surface area contributed by atoms with Gasteiger partial charge in [0.15, 0.2) is 0 Å². The van der Waals surface area contributed by atoms with E-state index in [0.29, 0.717) is 6.04 Å². The molecule has 1 amide bonds. The zero-order valence-electron chi connectivity index (χ0n) is 13.9. The molecule has 2 aliphatic heterocycles. The van der Waals surface area contributed by atoms with Crippen LogP contribution in [0.4, 0.5) is 0 Å². The molecule has 122 valence electrons. The Morgan fingerprint density at radius 1 is 1.14 bits per heavy atom. The van der Waals surface area contributed by atoms with Gasteiger partial charge in [-0.25, -0.2) is 0 Å². The number of carbonyl (C=O) groups excluding carboxylic acids is 1. The van der Waals surface area contributed by atoms with Gasteiger partial charge in [-0.1, -0.05) is 20.3 Å². The van der Waals surface area contributed by atoms with Crippen molar-refractivity contribution in [2.45, 2.75) is 45.2 Å². The number of carbonyl (C=O) groups is 1. The molecule has 2 N–H and O–H groups in total. The van der Waals surface area contributed by atoms with Crippen LogP contribution in [0.5, 0.6) is 0 Å². The van der Waals surface area contributed by atoms with Gasteiger partial charge in [-0.15, -0.1) is 0 Å². The lowest BCUT2D eigenvalue weighted by atomic mass is 10.0. The summed E-state index contributed by atoms with van der Waals surface area (Å²) in [4.78, 5) is 19.2. The molecule has 0 saturated carbocycles. The second-order valence-corrected chi connectivity index (χ2v) is 7.03. The molecule has 5 heteroatoms. The molecule has 0 aromatic heterocycles. The molecule has 2 atom stereocenters. The van der Waals surface area contributed by atoms with Crippen LogP contribution in [0.2, 0.25) is 0 Å². The van der Waals surface area contributed by atoms with Crippen molar-refractivity contribution < 1.29 is 4.79 Å². The van der Waals surface area contributed by atoms with Gasteiger partial charge in [0.2, 0.25) is 5.91 Å². The van der Waals surface area contributed by atoms with E-state index in [0.717, 1.165) is 32.7 Å². The third-order valence-corrected chi connectivity index (χ3v) is 5.08. The summed E-state index contributed by atoms with van der Waals surface area (Å²) >= 11 is 0. The highest BCUT2D eigenvalue weighted by atomic mass is 16.2. The maximum absolute atomic E-state index is 12.3. The molecule has 0 aromatic rings. The molecule has 0 spiro atoms. The third-order valence-electron chi connectivity index (χ3n) is 5.08. The van der Waals surface area contributed by atoms with Crippen LogP contribution in [0.25, 0.3) is 0 Å². The van der Waals surface area contributed by atoms with Crippen LogP contribution in [0.15, 0.2) is 0 Å². The number of likely N-dealkylation sites (tertiary alicyclic amines) is 1.